The molecule has 0 radical (unpaired) electrons. The Bertz CT molecular complexity index is 583. The molecule has 0 spiro atoms. The first kappa shape index (κ1) is 17.8. The van der Waals surface area contributed by atoms with Crippen LogP contribution in [0.1, 0.15) is 13.8 Å². The molecule has 1 heterocycles. The van der Waals surface area contributed by atoms with Gasteiger partial charge in [-0.05, 0) is 31.0 Å². The highest BCUT2D eigenvalue weighted by molar-refractivity contribution is 5.79. The summed E-state index contributed by atoms with van der Waals surface area (Å²) in [6.07, 6.45) is 3.78. The van der Waals surface area contributed by atoms with Crippen molar-refractivity contribution in [3.05, 3.63) is 48.8 Å². The third-order valence-corrected chi connectivity index (χ3v) is 3.37. The predicted molar refractivity (Wildman–Crippen MR) is 97.3 cm³/mol. The van der Waals surface area contributed by atoms with Gasteiger partial charge in [-0.1, -0.05) is 25.1 Å². The molecule has 0 bridgehead atoms. The molecular weight excluding hydrogens is 302 g/mol. The predicted octanol–water partition coefficient (Wildman–Crippen LogP) is 2.15. The molecular formula is C18H27N5O. The van der Waals surface area contributed by atoms with Gasteiger partial charge in [0.2, 0.25) is 0 Å². The zero-order valence-electron chi connectivity index (χ0n) is 14.5. The number of nitrogens with one attached hydrogen (secondary N) is 2. The Kier molecular flexibility index (Phi) is 7.67. The molecule has 130 valence electrons. The second kappa shape index (κ2) is 10.3. The highest BCUT2D eigenvalue weighted by Crippen LogP contribution is 2.07. The fourth-order valence-corrected chi connectivity index (χ4v) is 2.23. The molecule has 24 heavy (non-hydrogen) atoms. The van der Waals surface area contributed by atoms with Gasteiger partial charge in [0.25, 0.3) is 0 Å². The van der Waals surface area contributed by atoms with E-state index in [-0.39, 0.29) is 0 Å². The maximum absolute atomic E-state index is 5.67. The molecule has 0 fully saturated rings. The van der Waals surface area contributed by atoms with Crippen molar-refractivity contribution in [3.8, 4) is 5.75 Å². The fraction of sp³-hybridized carbons (Fsp3) is 0.444. The Morgan fingerprint density at radius 2 is 2.08 bits per heavy atom. The Balaban J connectivity index is 1.71. The topological polar surface area (TPSA) is 63.5 Å². The van der Waals surface area contributed by atoms with E-state index >= 15 is 0 Å². The van der Waals surface area contributed by atoms with Crippen molar-refractivity contribution in [2.75, 3.05) is 26.2 Å². The quantitative estimate of drug-likeness (QED) is 0.420. The summed E-state index contributed by atoms with van der Waals surface area (Å²) in [7, 11) is 0. The summed E-state index contributed by atoms with van der Waals surface area (Å²) in [6, 6.07) is 11.8. The number of benzene rings is 1. The van der Waals surface area contributed by atoms with Crippen LogP contribution in [0.25, 0.3) is 0 Å². The molecule has 6 heteroatoms. The van der Waals surface area contributed by atoms with Crippen LogP contribution >= 0.6 is 0 Å². The van der Waals surface area contributed by atoms with Crippen LogP contribution in [-0.2, 0) is 6.54 Å². The molecule has 1 unspecified atom stereocenters. The summed E-state index contributed by atoms with van der Waals surface area (Å²) in [5.74, 6) is 2.12. The van der Waals surface area contributed by atoms with Gasteiger partial charge in [0.15, 0.2) is 5.96 Å². The van der Waals surface area contributed by atoms with E-state index in [9.17, 15) is 0 Å². The lowest BCUT2D eigenvalue weighted by molar-refractivity contribution is 0.322. The van der Waals surface area contributed by atoms with Gasteiger partial charge in [-0.15, -0.1) is 0 Å². The first-order valence-corrected chi connectivity index (χ1v) is 8.45. The van der Waals surface area contributed by atoms with Crippen LogP contribution in [0.4, 0.5) is 0 Å². The SMILES string of the molecule is CCNC(=NCC(C)Cn1cccn1)NCCOc1ccccc1. The molecule has 1 aromatic heterocycles. The van der Waals surface area contributed by atoms with E-state index in [0.717, 1.165) is 31.3 Å². The van der Waals surface area contributed by atoms with Crippen LogP contribution in [0.3, 0.4) is 0 Å². The van der Waals surface area contributed by atoms with E-state index < -0.39 is 0 Å². The Labute approximate surface area is 143 Å². The van der Waals surface area contributed by atoms with Gasteiger partial charge >= 0.3 is 0 Å². The monoisotopic (exact) mass is 329 g/mol. The second-order valence-corrected chi connectivity index (χ2v) is 5.64. The van der Waals surface area contributed by atoms with Gasteiger partial charge in [0, 0.05) is 32.0 Å². The van der Waals surface area contributed by atoms with Gasteiger partial charge in [0.1, 0.15) is 12.4 Å². The molecule has 0 amide bonds. The first-order valence-electron chi connectivity index (χ1n) is 8.45. The summed E-state index contributed by atoms with van der Waals surface area (Å²) in [6.45, 7) is 7.98. The minimum atomic E-state index is 0.418. The summed E-state index contributed by atoms with van der Waals surface area (Å²) in [5.41, 5.74) is 0. The highest BCUT2D eigenvalue weighted by atomic mass is 16.5. The van der Waals surface area contributed by atoms with E-state index in [1.54, 1.807) is 6.20 Å². The molecule has 1 aromatic carbocycles. The molecule has 6 nitrogen and oxygen atoms in total. The number of aliphatic imine (C=N–C) groups is 1. The van der Waals surface area contributed by atoms with Crippen molar-refractivity contribution in [1.82, 2.24) is 20.4 Å². The third kappa shape index (κ3) is 6.73. The van der Waals surface area contributed by atoms with Gasteiger partial charge in [-0.3, -0.25) is 9.67 Å². The molecule has 0 aliphatic rings. The van der Waals surface area contributed by atoms with Crippen LogP contribution in [0.5, 0.6) is 5.75 Å². The number of guanidine groups is 1. The van der Waals surface area contributed by atoms with Crippen molar-refractivity contribution < 1.29 is 4.74 Å². The van der Waals surface area contributed by atoms with Crippen molar-refractivity contribution >= 4 is 5.96 Å². The van der Waals surface area contributed by atoms with Crippen LogP contribution in [-0.4, -0.2) is 42.0 Å². The summed E-state index contributed by atoms with van der Waals surface area (Å²) >= 11 is 0. The number of para-hydroxylation sites is 1. The van der Waals surface area contributed by atoms with Gasteiger partial charge in [-0.2, -0.15) is 5.10 Å². The average molecular weight is 329 g/mol. The Hall–Kier alpha value is -2.50. The van der Waals surface area contributed by atoms with E-state index in [0.29, 0.717) is 19.1 Å². The molecule has 0 saturated carbocycles. The van der Waals surface area contributed by atoms with Gasteiger partial charge in [-0.25, -0.2) is 0 Å². The Morgan fingerprint density at radius 3 is 2.79 bits per heavy atom. The summed E-state index contributed by atoms with van der Waals surface area (Å²) in [5, 5.41) is 10.8. The van der Waals surface area contributed by atoms with E-state index in [1.165, 1.54) is 0 Å². The first-order chi connectivity index (χ1) is 11.8. The number of hydrogen-bond acceptors (Lipinski definition) is 3. The van der Waals surface area contributed by atoms with E-state index in [4.69, 9.17) is 4.74 Å². The molecule has 2 N–H and O–H groups in total. The third-order valence-electron chi connectivity index (χ3n) is 3.37. The molecule has 1 atom stereocenters. The maximum atomic E-state index is 5.67. The normalized spacial score (nSPS) is 12.7. The zero-order valence-corrected chi connectivity index (χ0v) is 14.5. The van der Waals surface area contributed by atoms with Crippen LogP contribution in [0, 0.1) is 5.92 Å². The lowest BCUT2D eigenvalue weighted by Gasteiger charge is -2.14. The fourth-order valence-electron chi connectivity index (χ4n) is 2.23. The largest absolute Gasteiger partial charge is 0.492 e. The number of hydrogen-bond donors (Lipinski definition) is 2. The summed E-state index contributed by atoms with van der Waals surface area (Å²) in [4.78, 5) is 4.64. The van der Waals surface area contributed by atoms with E-state index in [1.807, 2.05) is 47.3 Å². The van der Waals surface area contributed by atoms with Crippen LogP contribution < -0.4 is 15.4 Å². The smallest absolute Gasteiger partial charge is 0.191 e. The molecule has 0 aliphatic carbocycles. The van der Waals surface area contributed by atoms with Crippen molar-refractivity contribution in [2.24, 2.45) is 10.9 Å². The van der Waals surface area contributed by atoms with Crippen LogP contribution in [0.2, 0.25) is 0 Å². The van der Waals surface area contributed by atoms with Gasteiger partial charge in [0.05, 0.1) is 6.54 Å². The zero-order chi connectivity index (χ0) is 17.0. The molecule has 0 saturated heterocycles. The number of nitrogens with zero attached hydrogens (tertiary/aromatic N) is 3. The number of aromatic nitrogens is 2. The highest BCUT2D eigenvalue weighted by Gasteiger charge is 2.04. The van der Waals surface area contributed by atoms with Crippen molar-refractivity contribution in [2.45, 2.75) is 20.4 Å². The number of rotatable bonds is 9. The summed E-state index contributed by atoms with van der Waals surface area (Å²) < 4.78 is 7.61. The molecule has 2 aromatic rings. The lowest BCUT2D eigenvalue weighted by Crippen LogP contribution is -2.39. The minimum Gasteiger partial charge on any atom is -0.492 e. The van der Waals surface area contributed by atoms with E-state index in [2.05, 4.69) is 34.6 Å². The maximum Gasteiger partial charge on any atom is 0.191 e. The minimum absolute atomic E-state index is 0.418. The van der Waals surface area contributed by atoms with Gasteiger partial charge < -0.3 is 15.4 Å². The second-order valence-electron chi connectivity index (χ2n) is 5.64. The standard InChI is InChI=1S/C18H27N5O/c1-3-19-18(20-11-13-24-17-8-5-4-6-9-17)21-14-16(2)15-23-12-7-10-22-23/h4-10,12,16H,3,11,13-15H2,1-2H3,(H2,19,20,21). The number of ether oxygens (including phenoxy) is 1. The average Bonchev–Trinajstić information content (AvgIpc) is 3.10. The van der Waals surface area contributed by atoms with Crippen molar-refractivity contribution in [3.63, 3.8) is 0 Å². The van der Waals surface area contributed by atoms with Crippen LogP contribution in [0.15, 0.2) is 53.8 Å². The van der Waals surface area contributed by atoms with Crippen molar-refractivity contribution in [1.29, 1.82) is 0 Å². The molecule has 2 rings (SSSR count). The lowest BCUT2D eigenvalue weighted by atomic mass is 10.2. The Morgan fingerprint density at radius 1 is 1.25 bits per heavy atom. The molecule has 0 aliphatic heterocycles.